The maximum atomic E-state index is 6.35. The summed E-state index contributed by atoms with van der Waals surface area (Å²) < 4.78 is 0. The van der Waals surface area contributed by atoms with Crippen molar-refractivity contribution in [3.63, 3.8) is 0 Å². The van der Waals surface area contributed by atoms with Crippen molar-refractivity contribution in [1.29, 1.82) is 0 Å². The Hall–Kier alpha value is -1.19. The number of nitrogens with one attached hydrogen (secondary N) is 1. The Labute approximate surface area is 129 Å². The highest BCUT2D eigenvalue weighted by Crippen LogP contribution is 2.45. The van der Waals surface area contributed by atoms with Crippen LogP contribution in [0.2, 0.25) is 5.02 Å². The van der Waals surface area contributed by atoms with E-state index in [9.17, 15) is 0 Å². The van der Waals surface area contributed by atoms with Crippen molar-refractivity contribution in [3.05, 3.63) is 45.6 Å². The van der Waals surface area contributed by atoms with Gasteiger partial charge in [-0.2, -0.15) is 0 Å². The fourth-order valence-electron chi connectivity index (χ4n) is 2.57. The van der Waals surface area contributed by atoms with Crippen molar-refractivity contribution >= 4 is 34.3 Å². The van der Waals surface area contributed by atoms with Crippen LogP contribution in [0.15, 0.2) is 35.7 Å². The van der Waals surface area contributed by atoms with Crippen molar-refractivity contribution in [1.82, 2.24) is 0 Å². The predicted octanol–water partition coefficient (Wildman–Crippen LogP) is 5.03. The first-order chi connectivity index (χ1) is 9.66. The predicted molar refractivity (Wildman–Crippen MR) is 89.2 cm³/mol. The van der Waals surface area contributed by atoms with Crippen molar-refractivity contribution < 1.29 is 0 Å². The molecule has 1 saturated carbocycles. The Kier molecular flexibility index (Phi) is 3.90. The third kappa shape index (κ3) is 2.79. The molecule has 1 aromatic heterocycles. The van der Waals surface area contributed by atoms with E-state index in [-0.39, 0.29) is 0 Å². The van der Waals surface area contributed by atoms with Gasteiger partial charge in [0.25, 0.3) is 0 Å². The van der Waals surface area contributed by atoms with E-state index in [1.54, 1.807) is 0 Å². The maximum absolute atomic E-state index is 6.35. The van der Waals surface area contributed by atoms with Crippen LogP contribution in [0, 0.1) is 5.92 Å². The average molecular weight is 307 g/mol. The minimum atomic E-state index is 0.409. The summed E-state index contributed by atoms with van der Waals surface area (Å²) in [6.07, 6.45) is 2.63. The second-order valence-corrected chi connectivity index (χ2v) is 6.89. The Morgan fingerprint density at radius 3 is 2.65 bits per heavy atom. The smallest absolute Gasteiger partial charge is 0.0786 e. The molecule has 1 N–H and O–H groups in total. The summed E-state index contributed by atoms with van der Waals surface area (Å²) in [5.41, 5.74) is 2.18. The third-order valence-corrected chi connectivity index (χ3v) is 4.95. The number of hydrogen-bond donors (Lipinski definition) is 1. The lowest BCUT2D eigenvalue weighted by atomic mass is 10.1. The lowest BCUT2D eigenvalue weighted by Crippen LogP contribution is -2.16. The topological polar surface area (TPSA) is 15.3 Å². The fraction of sp³-hybridized carbons (Fsp3) is 0.375. The molecule has 0 radical (unpaired) electrons. The van der Waals surface area contributed by atoms with E-state index in [4.69, 9.17) is 11.6 Å². The summed E-state index contributed by atoms with van der Waals surface area (Å²) in [4.78, 5) is 3.49. The van der Waals surface area contributed by atoms with Gasteiger partial charge >= 0.3 is 0 Å². The fourth-order valence-corrected chi connectivity index (χ4v) is 3.79. The van der Waals surface area contributed by atoms with E-state index in [2.05, 4.69) is 33.8 Å². The molecule has 1 aliphatic carbocycles. The summed E-state index contributed by atoms with van der Waals surface area (Å²) >= 11 is 8.18. The van der Waals surface area contributed by atoms with Gasteiger partial charge < -0.3 is 10.2 Å². The Bertz CT molecular complexity index is 576. The number of thiophene rings is 1. The van der Waals surface area contributed by atoms with Crippen molar-refractivity contribution in [2.75, 3.05) is 24.3 Å². The van der Waals surface area contributed by atoms with Crippen LogP contribution in [0.4, 0.5) is 11.4 Å². The molecule has 0 spiro atoms. The van der Waals surface area contributed by atoms with Crippen molar-refractivity contribution in [3.8, 4) is 0 Å². The number of halogens is 1. The summed E-state index contributed by atoms with van der Waals surface area (Å²) in [7, 11) is 4.06. The number of rotatable bonds is 5. The van der Waals surface area contributed by atoms with Gasteiger partial charge in [-0.15, -0.1) is 11.3 Å². The maximum Gasteiger partial charge on any atom is 0.0786 e. The van der Waals surface area contributed by atoms with E-state index in [0.29, 0.717) is 6.04 Å². The number of anilines is 2. The second kappa shape index (κ2) is 5.66. The molecule has 0 amide bonds. The van der Waals surface area contributed by atoms with Gasteiger partial charge in [-0.3, -0.25) is 0 Å². The SMILES string of the molecule is CN(C)c1c(Cl)cccc1NC(c1cccs1)C1CC1. The number of hydrogen-bond acceptors (Lipinski definition) is 3. The molecule has 1 heterocycles. The summed E-state index contributed by atoms with van der Waals surface area (Å²) in [5.74, 6) is 0.752. The Morgan fingerprint density at radius 1 is 1.25 bits per heavy atom. The van der Waals surface area contributed by atoms with Gasteiger partial charge in [0, 0.05) is 19.0 Å². The van der Waals surface area contributed by atoms with Crippen molar-refractivity contribution in [2.24, 2.45) is 5.92 Å². The molecule has 2 nitrogen and oxygen atoms in total. The highest BCUT2D eigenvalue weighted by Gasteiger charge is 2.33. The Balaban J connectivity index is 1.91. The van der Waals surface area contributed by atoms with Gasteiger partial charge in [-0.25, -0.2) is 0 Å². The summed E-state index contributed by atoms with van der Waals surface area (Å²) in [5, 5.41) is 6.66. The van der Waals surface area contributed by atoms with E-state index in [1.165, 1.54) is 17.7 Å². The van der Waals surface area contributed by atoms with Gasteiger partial charge in [0.15, 0.2) is 0 Å². The first-order valence-corrected chi connectivity index (χ1v) is 8.18. The standard InChI is InChI=1S/C16H19ClN2S/c1-19(2)16-12(17)5-3-6-13(16)18-15(11-8-9-11)14-7-4-10-20-14/h3-7,10-11,15,18H,8-9H2,1-2H3. The largest absolute Gasteiger partial charge is 0.375 e. The monoisotopic (exact) mass is 306 g/mol. The normalized spacial score (nSPS) is 15.9. The highest BCUT2D eigenvalue weighted by molar-refractivity contribution is 7.10. The summed E-state index contributed by atoms with van der Waals surface area (Å²) in [6, 6.07) is 10.8. The zero-order valence-electron chi connectivity index (χ0n) is 11.8. The van der Waals surface area contributed by atoms with Crippen LogP contribution in [0.3, 0.4) is 0 Å². The van der Waals surface area contributed by atoms with Gasteiger partial charge in [-0.1, -0.05) is 23.7 Å². The van der Waals surface area contributed by atoms with Crippen LogP contribution in [-0.2, 0) is 0 Å². The zero-order chi connectivity index (χ0) is 14.1. The average Bonchev–Trinajstić information content (AvgIpc) is 3.10. The molecular formula is C16H19ClN2S. The summed E-state index contributed by atoms with van der Waals surface area (Å²) in [6.45, 7) is 0. The number of para-hydroxylation sites is 1. The molecule has 1 unspecified atom stereocenters. The molecule has 1 aliphatic rings. The highest BCUT2D eigenvalue weighted by atomic mass is 35.5. The van der Waals surface area contributed by atoms with Gasteiger partial charge in [0.2, 0.25) is 0 Å². The van der Waals surface area contributed by atoms with Crippen LogP contribution in [0.25, 0.3) is 0 Å². The molecule has 0 bridgehead atoms. The molecule has 2 aromatic rings. The van der Waals surface area contributed by atoms with E-state index < -0.39 is 0 Å². The first kappa shape index (κ1) is 13.8. The minimum Gasteiger partial charge on any atom is -0.375 e. The lowest BCUT2D eigenvalue weighted by molar-refractivity contribution is 0.691. The van der Waals surface area contributed by atoms with Crippen LogP contribution in [-0.4, -0.2) is 14.1 Å². The van der Waals surface area contributed by atoms with Gasteiger partial charge in [0.1, 0.15) is 0 Å². The molecule has 1 fully saturated rings. The second-order valence-electron chi connectivity index (χ2n) is 5.51. The van der Waals surface area contributed by atoms with Crippen molar-refractivity contribution in [2.45, 2.75) is 18.9 Å². The molecular weight excluding hydrogens is 288 g/mol. The quantitative estimate of drug-likeness (QED) is 0.833. The van der Waals surface area contributed by atoms with Crippen LogP contribution < -0.4 is 10.2 Å². The van der Waals surface area contributed by atoms with Crippen LogP contribution in [0.1, 0.15) is 23.8 Å². The molecule has 0 aliphatic heterocycles. The number of nitrogens with zero attached hydrogens (tertiary/aromatic N) is 1. The van der Waals surface area contributed by atoms with E-state index in [1.807, 2.05) is 37.6 Å². The molecule has 4 heteroatoms. The molecule has 1 atom stereocenters. The molecule has 1 aromatic carbocycles. The molecule has 0 saturated heterocycles. The zero-order valence-corrected chi connectivity index (χ0v) is 13.3. The van der Waals surface area contributed by atoms with E-state index in [0.717, 1.165) is 22.3 Å². The van der Waals surface area contributed by atoms with Gasteiger partial charge in [-0.05, 0) is 42.3 Å². The minimum absolute atomic E-state index is 0.409. The molecule has 3 rings (SSSR count). The van der Waals surface area contributed by atoms with Crippen LogP contribution >= 0.6 is 22.9 Å². The third-order valence-electron chi connectivity index (χ3n) is 3.69. The van der Waals surface area contributed by atoms with E-state index >= 15 is 0 Å². The Morgan fingerprint density at radius 2 is 2.05 bits per heavy atom. The van der Waals surface area contributed by atoms with Gasteiger partial charge in [0.05, 0.1) is 22.4 Å². The first-order valence-electron chi connectivity index (χ1n) is 6.92. The lowest BCUT2D eigenvalue weighted by Gasteiger charge is -2.24. The van der Waals surface area contributed by atoms with Crippen LogP contribution in [0.5, 0.6) is 0 Å². The number of benzene rings is 1. The molecule has 106 valence electrons. The molecule has 20 heavy (non-hydrogen) atoms.